The van der Waals surface area contributed by atoms with E-state index in [2.05, 4.69) is 22.5 Å². The monoisotopic (exact) mass is 316 g/mol. The number of aromatic hydroxyl groups is 1. The molecule has 1 atom stereocenters. The first-order chi connectivity index (χ1) is 7.60. The molecule has 3 N–H and O–H groups in total. The third-order valence-electron chi connectivity index (χ3n) is 2.30. The van der Waals surface area contributed by atoms with Crippen LogP contribution in [0.2, 0.25) is 0 Å². The van der Waals surface area contributed by atoms with Crippen LogP contribution in [0.4, 0.5) is 0 Å². The van der Waals surface area contributed by atoms with Crippen molar-refractivity contribution < 1.29 is 5.11 Å². The van der Waals surface area contributed by atoms with Crippen LogP contribution in [0.3, 0.4) is 0 Å². The first-order valence-electron chi connectivity index (χ1n) is 4.89. The van der Waals surface area contributed by atoms with Gasteiger partial charge in [0.15, 0.2) is 0 Å². The molecule has 1 aromatic carbocycles. The number of hydrogen-bond acceptors (Lipinski definition) is 3. The van der Waals surface area contributed by atoms with E-state index in [0.717, 1.165) is 6.42 Å². The molecule has 0 amide bonds. The normalized spacial score (nSPS) is 11.1. The molecule has 5 heteroatoms. The van der Waals surface area contributed by atoms with E-state index in [1.165, 1.54) is 0 Å². The van der Waals surface area contributed by atoms with Gasteiger partial charge in [-0.3, -0.25) is 0 Å². The van der Waals surface area contributed by atoms with Gasteiger partial charge >= 0.3 is 0 Å². The van der Waals surface area contributed by atoms with Crippen LogP contribution in [0.15, 0.2) is 29.3 Å². The molecule has 0 fully saturated rings. The van der Waals surface area contributed by atoms with Crippen molar-refractivity contribution in [2.24, 2.45) is 5.73 Å². The molecule has 0 spiro atoms. The van der Waals surface area contributed by atoms with E-state index in [0.29, 0.717) is 22.0 Å². The van der Waals surface area contributed by atoms with E-state index >= 15 is 0 Å². The minimum Gasteiger partial charge on any atom is -0.506 e. The van der Waals surface area contributed by atoms with Crippen molar-refractivity contribution in [3.8, 4) is 11.8 Å². The molecule has 3 nitrogen and oxygen atoms in total. The first-order valence-corrected chi connectivity index (χ1v) is 5.68. The Morgan fingerprint density at radius 2 is 2.24 bits per heavy atom. The lowest BCUT2D eigenvalue weighted by Gasteiger charge is -2.14. The molecule has 92 valence electrons. The van der Waals surface area contributed by atoms with Crippen LogP contribution in [0.5, 0.6) is 5.75 Å². The maximum absolute atomic E-state index is 9.83. The molecule has 0 heterocycles. The van der Waals surface area contributed by atoms with Crippen molar-refractivity contribution in [3.63, 3.8) is 0 Å². The van der Waals surface area contributed by atoms with Crippen molar-refractivity contribution in [3.05, 3.63) is 40.4 Å². The van der Waals surface area contributed by atoms with E-state index in [1.54, 1.807) is 18.2 Å². The van der Waals surface area contributed by atoms with Crippen LogP contribution < -0.4 is 5.73 Å². The van der Waals surface area contributed by atoms with Crippen LogP contribution in [-0.4, -0.2) is 5.11 Å². The highest BCUT2D eigenvalue weighted by atomic mass is 79.9. The number of nitrogens with two attached hydrogens (primary N) is 1. The van der Waals surface area contributed by atoms with Crippen LogP contribution in [0, 0.1) is 11.3 Å². The average Bonchev–Trinajstić information content (AvgIpc) is 2.29. The second kappa shape index (κ2) is 7.33. The standard InChI is InChI=1S/C12H13BrN2O.ClH/c1-2-3-4-11(15)9-5-8(7-14)6-10(13)12(9)16;/h2,5-6,11,16H,1,3-4,15H2;1H/t11-;/m1./s1. The van der Waals surface area contributed by atoms with Crippen molar-refractivity contribution in [2.75, 3.05) is 0 Å². The number of nitrogens with zero attached hydrogens (tertiary/aromatic N) is 1. The summed E-state index contributed by atoms with van der Waals surface area (Å²) in [6.07, 6.45) is 3.24. The van der Waals surface area contributed by atoms with Gasteiger partial charge < -0.3 is 10.8 Å². The average molecular weight is 318 g/mol. The third-order valence-corrected chi connectivity index (χ3v) is 2.91. The van der Waals surface area contributed by atoms with Gasteiger partial charge in [-0.2, -0.15) is 5.26 Å². The summed E-state index contributed by atoms with van der Waals surface area (Å²) in [7, 11) is 0. The molecule has 0 aliphatic heterocycles. The molecule has 0 radical (unpaired) electrons. The third kappa shape index (κ3) is 4.04. The van der Waals surface area contributed by atoms with E-state index in [1.807, 2.05) is 6.07 Å². The summed E-state index contributed by atoms with van der Waals surface area (Å²) in [5, 5.41) is 18.7. The van der Waals surface area contributed by atoms with Crippen LogP contribution in [0.25, 0.3) is 0 Å². The number of halogens is 2. The van der Waals surface area contributed by atoms with Gasteiger partial charge in [-0.25, -0.2) is 0 Å². The van der Waals surface area contributed by atoms with E-state index < -0.39 is 0 Å². The number of phenols is 1. The van der Waals surface area contributed by atoms with E-state index in [-0.39, 0.29) is 24.2 Å². The Morgan fingerprint density at radius 1 is 1.59 bits per heavy atom. The molecule has 1 aromatic rings. The Bertz CT molecular complexity index is 443. The molecular weight excluding hydrogens is 304 g/mol. The van der Waals surface area contributed by atoms with E-state index in [4.69, 9.17) is 11.0 Å². The van der Waals surface area contributed by atoms with Crippen LogP contribution in [-0.2, 0) is 0 Å². The fourth-order valence-electron chi connectivity index (χ4n) is 1.42. The van der Waals surface area contributed by atoms with E-state index in [9.17, 15) is 5.11 Å². The Morgan fingerprint density at radius 3 is 2.76 bits per heavy atom. The second-order valence-corrected chi connectivity index (χ2v) is 4.33. The van der Waals surface area contributed by atoms with Gasteiger partial charge in [0.2, 0.25) is 0 Å². The highest BCUT2D eigenvalue weighted by Gasteiger charge is 2.14. The molecule has 0 aromatic heterocycles. The lowest BCUT2D eigenvalue weighted by Crippen LogP contribution is -2.10. The smallest absolute Gasteiger partial charge is 0.134 e. The predicted molar refractivity (Wildman–Crippen MR) is 74.1 cm³/mol. The number of phenolic OH excluding ortho intramolecular Hbond substituents is 1. The topological polar surface area (TPSA) is 70.0 Å². The highest BCUT2D eigenvalue weighted by molar-refractivity contribution is 9.10. The second-order valence-electron chi connectivity index (χ2n) is 3.48. The van der Waals surface area contributed by atoms with Crippen molar-refractivity contribution in [1.29, 1.82) is 5.26 Å². The number of hydrogen-bond donors (Lipinski definition) is 2. The first kappa shape index (κ1) is 16.0. The zero-order valence-corrected chi connectivity index (χ0v) is 11.6. The molecule has 1 rings (SSSR count). The number of nitriles is 1. The Labute approximate surface area is 115 Å². The number of allylic oxidation sites excluding steroid dienone is 1. The minimum atomic E-state index is -0.289. The summed E-state index contributed by atoms with van der Waals surface area (Å²) in [6, 6.07) is 4.93. The van der Waals surface area contributed by atoms with Crippen molar-refractivity contribution >= 4 is 28.3 Å². The van der Waals surface area contributed by atoms with Gasteiger partial charge in [-0.05, 0) is 40.9 Å². The maximum atomic E-state index is 9.83. The quantitative estimate of drug-likeness (QED) is 0.836. The van der Waals surface area contributed by atoms with Gasteiger partial charge in [0.25, 0.3) is 0 Å². The highest BCUT2D eigenvalue weighted by Crippen LogP contribution is 2.33. The zero-order valence-electron chi connectivity index (χ0n) is 9.19. The lowest BCUT2D eigenvalue weighted by atomic mass is 10.00. The molecule has 0 saturated carbocycles. The Balaban J connectivity index is 0.00000256. The molecule has 17 heavy (non-hydrogen) atoms. The van der Waals surface area contributed by atoms with Gasteiger partial charge in [0.05, 0.1) is 16.1 Å². The molecule has 0 unspecified atom stereocenters. The summed E-state index contributed by atoms with van der Waals surface area (Å²) in [4.78, 5) is 0. The van der Waals surface area contributed by atoms with Crippen LogP contribution in [0.1, 0.15) is 30.0 Å². The zero-order chi connectivity index (χ0) is 12.1. The summed E-state index contributed by atoms with van der Waals surface area (Å²) >= 11 is 3.20. The SMILES string of the molecule is C=CCC[C@@H](N)c1cc(C#N)cc(Br)c1O.Cl. The molecule has 0 aliphatic rings. The summed E-state index contributed by atoms with van der Waals surface area (Å²) < 4.78 is 0.496. The summed E-state index contributed by atoms with van der Waals surface area (Å²) in [6.45, 7) is 3.62. The minimum absolute atomic E-state index is 0. The van der Waals surface area contributed by atoms with Crippen molar-refractivity contribution in [2.45, 2.75) is 18.9 Å². The maximum Gasteiger partial charge on any atom is 0.134 e. The fraction of sp³-hybridized carbons (Fsp3) is 0.250. The van der Waals surface area contributed by atoms with Gasteiger partial charge in [0.1, 0.15) is 5.75 Å². The van der Waals surface area contributed by atoms with Gasteiger partial charge in [-0.1, -0.05) is 6.08 Å². The number of benzene rings is 1. The molecule has 0 saturated heterocycles. The Kier molecular flexibility index (Phi) is 6.89. The Hall–Kier alpha value is -1.02. The molecule has 0 bridgehead atoms. The molecular formula is C12H14BrClN2O. The largest absolute Gasteiger partial charge is 0.506 e. The van der Waals surface area contributed by atoms with Gasteiger partial charge in [-0.15, -0.1) is 19.0 Å². The number of rotatable bonds is 4. The molecule has 0 aliphatic carbocycles. The van der Waals surface area contributed by atoms with Crippen LogP contribution >= 0.6 is 28.3 Å². The lowest BCUT2D eigenvalue weighted by molar-refractivity contribution is 0.455. The van der Waals surface area contributed by atoms with Gasteiger partial charge in [0, 0.05) is 11.6 Å². The summed E-state index contributed by atoms with van der Waals surface area (Å²) in [5.41, 5.74) is 7.01. The summed E-state index contributed by atoms with van der Waals surface area (Å²) in [5.74, 6) is 0.107. The predicted octanol–water partition coefficient (Wildman–Crippen LogP) is 3.41. The van der Waals surface area contributed by atoms with Crippen molar-refractivity contribution in [1.82, 2.24) is 0 Å². The fourth-order valence-corrected chi connectivity index (χ4v) is 1.90.